The first-order valence-electron chi connectivity index (χ1n) is 6.57. The molecule has 1 aromatic heterocycles. The van der Waals surface area contributed by atoms with Crippen LogP contribution < -0.4 is 10.6 Å². The zero-order valence-corrected chi connectivity index (χ0v) is 12.6. The van der Waals surface area contributed by atoms with E-state index in [0.29, 0.717) is 11.4 Å². The molecule has 0 bridgehead atoms. The summed E-state index contributed by atoms with van der Waals surface area (Å²) < 4.78 is 13.3. The number of aliphatic hydroxyl groups is 1. The highest BCUT2D eigenvalue weighted by Crippen LogP contribution is 2.19. The summed E-state index contributed by atoms with van der Waals surface area (Å²) in [6.07, 6.45) is -1.04. The zero-order valence-electron chi connectivity index (χ0n) is 11.8. The van der Waals surface area contributed by atoms with E-state index < -0.39 is 18.0 Å². The van der Waals surface area contributed by atoms with Crippen molar-refractivity contribution in [3.05, 3.63) is 58.5 Å². The van der Waals surface area contributed by atoms with Crippen LogP contribution in [0.2, 0.25) is 5.02 Å². The van der Waals surface area contributed by atoms with Crippen molar-refractivity contribution < 1.29 is 14.3 Å². The summed E-state index contributed by atoms with van der Waals surface area (Å²) >= 11 is 5.57. The van der Waals surface area contributed by atoms with Crippen molar-refractivity contribution in [1.82, 2.24) is 10.3 Å². The number of urea groups is 1. The summed E-state index contributed by atoms with van der Waals surface area (Å²) in [4.78, 5) is 15.8. The van der Waals surface area contributed by atoms with Crippen LogP contribution in [-0.4, -0.2) is 22.7 Å². The quantitative estimate of drug-likeness (QED) is 0.809. The second kappa shape index (κ2) is 7.20. The Morgan fingerprint density at radius 1 is 1.41 bits per heavy atom. The van der Waals surface area contributed by atoms with E-state index in [2.05, 4.69) is 15.6 Å². The Kier molecular flexibility index (Phi) is 5.30. The number of halogens is 2. The number of carbonyl (C=O) groups excluding carboxylic acids is 1. The molecule has 3 N–H and O–H groups in total. The molecule has 22 heavy (non-hydrogen) atoms. The number of anilines is 1. The lowest BCUT2D eigenvalue weighted by molar-refractivity contribution is 0.174. The molecule has 2 aromatic rings. The maximum atomic E-state index is 13.3. The first-order valence-corrected chi connectivity index (χ1v) is 6.95. The fraction of sp³-hybridized carbons (Fsp3) is 0.200. The molecule has 2 amide bonds. The molecule has 0 spiro atoms. The zero-order chi connectivity index (χ0) is 16.1. The van der Waals surface area contributed by atoms with Crippen LogP contribution in [0, 0.1) is 12.7 Å². The van der Waals surface area contributed by atoms with Crippen LogP contribution in [-0.2, 0) is 0 Å². The van der Waals surface area contributed by atoms with Crippen molar-refractivity contribution in [3.63, 3.8) is 0 Å². The number of aryl methyl sites for hydroxylation is 1. The monoisotopic (exact) mass is 323 g/mol. The molecule has 0 aliphatic carbocycles. The van der Waals surface area contributed by atoms with Gasteiger partial charge in [-0.15, -0.1) is 0 Å². The van der Waals surface area contributed by atoms with E-state index in [1.807, 2.05) is 13.0 Å². The Hall–Kier alpha value is -2.18. The smallest absolute Gasteiger partial charge is 0.320 e. The van der Waals surface area contributed by atoms with Gasteiger partial charge in [-0.05, 0) is 36.8 Å². The number of amides is 2. The SMILES string of the molecule is Cc1cccc(NC(=O)NC[C@@H](O)c2ccc(Cl)c(F)c2)n1. The summed E-state index contributed by atoms with van der Waals surface area (Å²) in [5.41, 5.74) is 1.10. The molecule has 5 nitrogen and oxygen atoms in total. The van der Waals surface area contributed by atoms with Gasteiger partial charge in [0.05, 0.1) is 11.1 Å². The van der Waals surface area contributed by atoms with Gasteiger partial charge in [-0.1, -0.05) is 23.7 Å². The Bertz CT molecular complexity index is 682. The average Bonchev–Trinajstić information content (AvgIpc) is 2.47. The molecule has 116 valence electrons. The molecule has 0 aliphatic heterocycles. The molecular formula is C15H15ClFN3O2. The van der Waals surface area contributed by atoms with E-state index in [0.717, 1.165) is 11.8 Å². The number of nitrogens with zero attached hydrogens (tertiary/aromatic N) is 1. The predicted molar refractivity (Wildman–Crippen MR) is 82.4 cm³/mol. The van der Waals surface area contributed by atoms with Crippen LogP contribution >= 0.6 is 11.6 Å². The van der Waals surface area contributed by atoms with Crippen molar-refractivity contribution in [3.8, 4) is 0 Å². The molecule has 0 radical (unpaired) electrons. The Labute approximate surface area is 132 Å². The van der Waals surface area contributed by atoms with E-state index >= 15 is 0 Å². The van der Waals surface area contributed by atoms with E-state index in [4.69, 9.17) is 11.6 Å². The highest BCUT2D eigenvalue weighted by atomic mass is 35.5. The number of nitrogens with one attached hydrogen (secondary N) is 2. The molecule has 0 fully saturated rings. The lowest BCUT2D eigenvalue weighted by Gasteiger charge is -2.13. The van der Waals surface area contributed by atoms with Crippen LogP contribution in [0.3, 0.4) is 0 Å². The van der Waals surface area contributed by atoms with E-state index in [1.165, 1.54) is 12.1 Å². The molecule has 0 saturated carbocycles. The maximum absolute atomic E-state index is 13.3. The van der Waals surface area contributed by atoms with Crippen LogP contribution in [0.1, 0.15) is 17.4 Å². The number of aromatic nitrogens is 1. The van der Waals surface area contributed by atoms with Gasteiger partial charge in [0, 0.05) is 12.2 Å². The highest BCUT2D eigenvalue weighted by Gasteiger charge is 2.12. The molecule has 2 rings (SSSR count). The summed E-state index contributed by atoms with van der Waals surface area (Å²) in [7, 11) is 0. The van der Waals surface area contributed by atoms with E-state index in [-0.39, 0.29) is 11.6 Å². The van der Waals surface area contributed by atoms with Gasteiger partial charge in [-0.2, -0.15) is 0 Å². The second-order valence-corrected chi connectivity index (χ2v) is 5.10. The molecule has 1 heterocycles. The Morgan fingerprint density at radius 3 is 2.86 bits per heavy atom. The van der Waals surface area contributed by atoms with E-state index in [9.17, 15) is 14.3 Å². The lowest BCUT2D eigenvalue weighted by atomic mass is 10.1. The third-order valence-corrected chi connectivity index (χ3v) is 3.22. The molecule has 0 aliphatic rings. The molecule has 0 unspecified atom stereocenters. The molecule has 0 saturated heterocycles. The third kappa shape index (κ3) is 4.41. The number of aliphatic hydroxyl groups excluding tert-OH is 1. The van der Waals surface area contributed by atoms with E-state index in [1.54, 1.807) is 12.1 Å². The first-order chi connectivity index (χ1) is 10.5. The fourth-order valence-corrected chi connectivity index (χ4v) is 1.92. The third-order valence-electron chi connectivity index (χ3n) is 2.91. The minimum atomic E-state index is -1.04. The number of hydrogen-bond acceptors (Lipinski definition) is 3. The van der Waals surface area contributed by atoms with Crippen LogP contribution in [0.25, 0.3) is 0 Å². The average molecular weight is 324 g/mol. The van der Waals surface area contributed by atoms with Gasteiger partial charge in [0.15, 0.2) is 0 Å². The number of pyridine rings is 1. The summed E-state index contributed by atoms with van der Waals surface area (Å²) in [5, 5.41) is 14.9. The molecular weight excluding hydrogens is 309 g/mol. The number of hydrogen-bond donors (Lipinski definition) is 3. The van der Waals surface area contributed by atoms with Gasteiger partial charge < -0.3 is 10.4 Å². The van der Waals surface area contributed by atoms with Crippen molar-refractivity contribution >= 4 is 23.4 Å². The van der Waals surface area contributed by atoms with Crippen molar-refractivity contribution in [2.75, 3.05) is 11.9 Å². The summed E-state index contributed by atoms with van der Waals surface area (Å²) in [6, 6.07) is 8.70. The summed E-state index contributed by atoms with van der Waals surface area (Å²) in [6.45, 7) is 1.74. The first kappa shape index (κ1) is 16.2. The number of carbonyl (C=O) groups is 1. The van der Waals surface area contributed by atoms with Gasteiger partial charge in [0.2, 0.25) is 0 Å². The number of rotatable bonds is 4. The fourth-order valence-electron chi connectivity index (χ4n) is 1.80. The largest absolute Gasteiger partial charge is 0.387 e. The second-order valence-electron chi connectivity index (χ2n) is 4.69. The minimum Gasteiger partial charge on any atom is -0.387 e. The predicted octanol–water partition coefficient (Wildman–Crippen LogP) is 3.04. The van der Waals surface area contributed by atoms with Gasteiger partial charge in [0.1, 0.15) is 11.6 Å². The minimum absolute atomic E-state index is 0.0211. The normalized spacial score (nSPS) is 11.8. The topological polar surface area (TPSA) is 74.2 Å². The van der Waals surface area contributed by atoms with Crippen molar-refractivity contribution in [1.29, 1.82) is 0 Å². The Balaban J connectivity index is 1.88. The standard InChI is InChI=1S/C15H15ClFN3O2/c1-9-3-2-4-14(19-9)20-15(22)18-8-13(21)10-5-6-11(16)12(17)7-10/h2-7,13,21H,8H2,1H3,(H2,18,19,20,22)/t13-/m1/s1. The highest BCUT2D eigenvalue weighted by molar-refractivity contribution is 6.30. The van der Waals surface area contributed by atoms with Crippen molar-refractivity contribution in [2.24, 2.45) is 0 Å². The van der Waals surface area contributed by atoms with Gasteiger partial charge in [-0.3, -0.25) is 5.32 Å². The molecule has 1 atom stereocenters. The van der Waals surface area contributed by atoms with Crippen molar-refractivity contribution in [2.45, 2.75) is 13.0 Å². The maximum Gasteiger partial charge on any atom is 0.320 e. The lowest BCUT2D eigenvalue weighted by Crippen LogP contribution is -2.32. The van der Waals surface area contributed by atoms with Gasteiger partial charge in [-0.25, -0.2) is 14.2 Å². The van der Waals surface area contributed by atoms with Gasteiger partial charge in [0.25, 0.3) is 0 Å². The van der Waals surface area contributed by atoms with Gasteiger partial charge >= 0.3 is 6.03 Å². The number of benzene rings is 1. The Morgan fingerprint density at radius 2 is 2.18 bits per heavy atom. The van der Waals surface area contributed by atoms with Crippen LogP contribution in [0.15, 0.2) is 36.4 Å². The summed E-state index contributed by atoms with van der Waals surface area (Å²) in [5.74, 6) is -0.212. The van der Waals surface area contributed by atoms with Crippen LogP contribution in [0.5, 0.6) is 0 Å². The molecule has 1 aromatic carbocycles. The molecule has 7 heteroatoms. The van der Waals surface area contributed by atoms with Crippen LogP contribution in [0.4, 0.5) is 15.0 Å².